The molecule has 0 radical (unpaired) electrons. The lowest BCUT2D eigenvalue weighted by Gasteiger charge is -2.11. The number of hydrogen-bond donors (Lipinski definition) is 1. The topological polar surface area (TPSA) is 126 Å². The molecule has 10 heteroatoms. The molecular formula is C21H22N2O8. The Morgan fingerprint density at radius 2 is 1.94 bits per heavy atom. The Kier molecular flexibility index (Phi) is 7.39. The monoisotopic (exact) mass is 430 g/mol. The fraction of sp³-hybridized carbons (Fsp3) is 0.333. The van der Waals surface area contributed by atoms with Crippen molar-refractivity contribution in [2.75, 3.05) is 32.2 Å². The Hall–Kier alpha value is -3.66. The average molecular weight is 430 g/mol. The molecule has 0 bridgehead atoms. The lowest BCUT2D eigenvalue weighted by molar-refractivity contribution is -0.384. The predicted molar refractivity (Wildman–Crippen MR) is 109 cm³/mol. The Morgan fingerprint density at radius 3 is 2.58 bits per heavy atom. The molecular weight excluding hydrogens is 408 g/mol. The zero-order valence-corrected chi connectivity index (χ0v) is 16.9. The number of hydrogen-bond acceptors (Lipinski definition) is 8. The number of nitrogens with one attached hydrogen (secondary N) is 1. The molecule has 1 aliphatic heterocycles. The van der Waals surface area contributed by atoms with Crippen molar-refractivity contribution < 1.29 is 33.5 Å². The SMILES string of the molecule is COc1ccc(NC(=O)COC(=O)c2ccc(OCC3CCCO3)cc2)c([N+](=O)[O-])c1. The summed E-state index contributed by atoms with van der Waals surface area (Å²) in [6, 6.07) is 10.3. The van der Waals surface area contributed by atoms with E-state index >= 15 is 0 Å². The van der Waals surface area contributed by atoms with Crippen molar-refractivity contribution in [1.29, 1.82) is 0 Å². The van der Waals surface area contributed by atoms with Crippen LogP contribution in [0.5, 0.6) is 11.5 Å². The molecule has 10 nitrogen and oxygen atoms in total. The summed E-state index contributed by atoms with van der Waals surface area (Å²) in [6.45, 7) is 0.596. The van der Waals surface area contributed by atoms with Crippen molar-refractivity contribution in [1.82, 2.24) is 0 Å². The number of nitrogens with zero attached hydrogens (tertiary/aromatic N) is 1. The molecule has 1 saturated heterocycles. The van der Waals surface area contributed by atoms with Gasteiger partial charge in [-0.1, -0.05) is 0 Å². The first kappa shape index (κ1) is 22.0. The van der Waals surface area contributed by atoms with Crippen LogP contribution in [-0.2, 0) is 14.3 Å². The number of nitro benzene ring substituents is 1. The van der Waals surface area contributed by atoms with Gasteiger partial charge >= 0.3 is 5.97 Å². The van der Waals surface area contributed by atoms with Gasteiger partial charge in [0.25, 0.3) is 11.6 Å². The van der Waals surface area contributed by atoms with E-state index in [0.29, 0.717) is 12.4 Å². The van der Waals surface area contributed by atoms with Crippen LogP contribution in [0.1, 0.15) is 23.2 Å². The summed E-state index contributed by atoms with van der Waals surface area (Å²) in [5.41, 5.74) is -0.120. The number of nitro groups is 1. The molecule has 31 heavy (non-hydrogen) atoms. The molecule has 1 unspecified atom stereocenters. The van der Waals surface area contributed by atoms with Crippen LogP contribution >= 0.6 is 0 Å². The second-order valence-corrected chi connectivity index (χ2v) is 6.73. The summed E-state index contributed by atoms with van der Waals surface area (Å²) in [4.78, 5) is 34.7. The summed E-state index contributed by atoms with van der Waals surface area (Å²) in [5, 5.41) is 13.5. The van der Waals surface area contributed by atoms with Gasteiger partial charge in [0.1, 0.15) is 23.8 Å². The molecule has 2 aromatic carbocycles. The molecule has 0 spiro atoms. The third-order valence-corrected chi connectivity index (χ3v) is 4.56. The minimum atomic E-state index is -0.710. The lowest BCUT2D eigenvalue weighted by atomic mass is 10.2. The van der Waals surface area contributed by atoms with E-state index in [0.717, 1.165) is 19.4 Å². The van der Waals surface area contributed by atoms with Crippen LogP contribution in [0.25, 0.3) is 0 Å². The minimum absolute atomic E-state index is 0.0282. The van der Waals surface area contributed by atoms with E-state index in [1.54, 1.807) is 12.1 Å². The van der Waals surface area contributed by atoms with Gasteiger partial charge in [-0.25, -0.2) is 4.79 Å². The van der Waals surface area contributed by atoms with Gasteiger partial charge in [-0.05, 0) is 49.2 Å². The Morgan fingerprint density at radius 1 is 1.19 bits per heavy atom. The quantitative estimate of drug-likeness (QED) is 0.366. The fourth-order valence-corrected chi connectivity index (χ4v) is 2.95. The fourth-order valence-electron chi connectivity index (χ4n) is 2.95. The van der Waals surface area contributed by atoms with E-state index in [2.05, 4.69) is 5.32 Å². The standard InChI is InChI=1S/C21H22N2O8/c1-28-16-8-9-18(19(11-16)23(26)27)22-20(24)13-31-21(25)14-4-6-15(7-5-14)30-12-17-3-2-10-29-17/h4-9,11,17H,2-3,10,12-13H2,1H3,(H,22,24). The summed E-state index contributed by atoms with van der Waals surface area (Å²) in [6.07, 6.45) is 2.08. The Bertz CT molecular complexity index is 939. The maximum absolute atomic E-state index is 12.2. The van der Waals surface area contributed by atoms with Gasteiger partial charge in [0, 0.05) is 6.61 Å². The van der Waals surface area contributed by atoms with Gasteiger partial charge in [0.15, 0.2) is 6.61 Å². The Labute approximate surface area is 178 Å². The number of carbonyl (C=O) groups excluding carboxylic acids is 2. The maximum atomic E-state index is 12.2. The first-order valence-electron chi connectivity index (χ1n) is 9.60. The minimum Gasteiger partial charge on any atom is -0.496 e. The molecule has 0 aliphatic carbocycles. The first-order chi connectivity index (χ1) is 15.0. The van der Waals surface area contributed by atoms with E-state index in [1.165, 1.54) is 37.4 Å². The zero-order chi connectivity index (χ0) is 22.2. The molecule has 0 aromatic heterocycles. The largest absolute Gasteiger partial charge is 0.496 e. The highest BCUT2D eigenvalue weighted by Crippen LogP contribution is 2.28. The number of benzene rings is 2. The molecule has 1 amide bonds. The number of methoxy groups -OCH3 is 1. The summed E-state index contributed by atoms with van der Waals surface area (Å²) >= 11 is 0. The summed E-state index contributed by atoms with van der Waals surface area (Å²) in [5.74, 6) is -0.542. The average Bonchev–Trinajstić information content (AvgIpc) is 3.30. The van der Waals surface area contributed by atoms with Gasteiger partial charge in [-0.15, -0.1) is 0 Å². The maximum Gasteiger partial charge on any atom is 0.338 e. The number of ether oxygens (including phenoxy) is 4. The van der Waals surface area contributed by atoms with Crippen molar-refractivity contribution >= 4 is 23.3 Å². The van der Waals surface area contributed by atoms with Gasteiger partial charge in [0.2, 0.25) is 0 Å². The second-order valence-electron chi connectivity index (χ2n) is 6.73. The predicted octanol–water partition coefficient (Wildman–Crippen LogP) is 2.96. The number of esters is 1. The van der Waals surface area contributed by atoms with Gasteiger partial charge < -0.3 is 24.3 Å². The molecule has 2 aromatic rings. The van der Waals surface area contributed by atoms with Crippen molar-refractivity contribution in [2.24, 2.45) is 0 Å². The van der Waals surface area contributed by atoms with E-state index in [-0.39, 0.29) is 28.8 Å². The second kappa shape index (κ2) is 10.4. The van der Waals surface area contributed by atoms with Gasteiger partial charge in [0.05, 0.1) is 29.8 Å². The first-order valence-corrected chi connectivity index (χ1v) is 9.60. The lowest BCUT2D eigenvalue weighted by Crippen LogP contribution is -2.21. The molecule has 1 heterocycles. The summed E-state index contributed by atoms with van der Waals surface area (Å²) < 4.78 is 21.0. The van der Waals surface area contributed by atoms with Crippen molar-refractivity contribution in [3.63, 3.8) is 0 Å². The molecule has 1 aliphatic rings. The smallest absolute Gasteiger partial charge is 0.338 e. The van der Waals surface area contributed by atoms with Crippen LogP contribution in [0.2, 0.25) is 0 Å². The van der Waals surface area contributed by atoms with Crippen molar-refractivity contribution in [3.8, 4) is 11.5 Å². The van der Waals surface area contributed by atoms with E-state index in [1.807, 2.05) is 0 Å². The molecule has 3 rings (SSSR count). The van der Waals surface area contributed by atoms with E-state index in [4.69, 9.17) is 18.9 Å². The van der Waals surface area contributed by atoms with Gasteiger partial charge in [-0.3, -0.25) is 14.9 Å². The Balaban J connectivity index is 1.50. The molecule has 164 valence electrons. The van der Waals surface area contributed by atoms with E-state index < -0.39 is 23.4 Å². The number of carbonyl (C=O) groups is 2. The highest BCUT2D eigenvalue weighted by atomic mass is 16.6. The number of amides is 1. The molecule has 1 atom stereocenters. The van der Waals surface area contributed by atoms with Crippen LogP contribution in [0.4, 0.5) is 11.4 Å². The highest BCUT2D eigenvalue weighted by molar-refractivity contribution is 5.96. The third-order valence-electron chi connectivity index (χ3n) is 4.56. The zero-order valence-electron chi connectivity index (χ0n) is 16.9. The highest BCUT2D eigenvalue weighted by Gasteiger charge is 2.19. The number of rotatable bonds is 9. The van der Waals surface area contributed by atoms with Crippen molar-refractivity contribution in [2.45, 2.75) is 18.9 Å². The molecule has 1 N–H and O–H groups in total. The molecule has 0 saturated carbocycles. The third kappa shape index (κ3) is 6.16. The van der Waals surface area contributed by atoms with Crippen molar-refractivity contribution in [3.05, 3.63) is 58.1 Å². The van der Waals surface area contributed by atoms with Crippen LogP contribution < -0.4 is 14.8 Å². The van der Waals surface area contributed by atoms with Crippen LogP contribution in [0, 0.1) is 10.1 Å². The normalized spacial score (nSPS) is 15.2. The van der Waals surface area contributed by atoms with Crippen LogP contribution in [-0.4, -0.2) is 49.8 Å². The van der Waals surface area contributed by atoms with Gasteiger partial charge in [-0.2, -0.15) is 0 Å². The van der Waals surface area contributed by atoms with Crippen LogP contribution in [0.15, 0.2) is 42.5 Å². The van der Waals surface area contributed by atoms with E-state index in [9.17, 15) is 19.7 Å². The summed E-state index contributed by atoms with van der Waals surface area (Å²) in [7, 11) is 1.37. The van der Waals surface area contributed by atoms with Crippen LogP contribution in [0.3, 0.4) is 0 Å². The number of anilines is 1. The molecule has 1 fully saturated rings.